The monoisotopic (exact) mass is 434 g/mol. The number of nitrogens with zero attached hydrogens (tertiary/aromatic N) is 2. The predicted octanol–water partition coefficient (Wildman–Crippen LogP) is 3.40. The summed E-state index contributed by atoms with van der Waals surface area (Å²) in [4.78, 5) is 19.6. The van der Waals surface area contributed by atoms with E-state index >= 15 is 0 Å². The molecule has 3 aromatic rings. The summed E-state index contributed by atoms with van der Waals surface area (Å²) in [5, 5.41) is 15.1. The number of H-pyrrole nitrogens is 1. The molecule has 26 heavy (non-hydrogen) atoms. The average Bonchev–Trinajstić information content (AvgIpc) is 3.09. The Morgan fingerprint density at radius 2 is 1.92 bits per heavy atom. The molecule has 5 nitrogen and oxygen atoms in total. The molecule has 3 heterocycles. The molecule has 1 aliphatic rings. The number of aromatic amines is 1. The number of rotatable bonds is 3. The van der Waals surface area contributed by atoms with Crippen LogP contribution in [0.3, 0.4) is 0 Å². The molecule has 0 fully saturated rings. The number of hydroxylamine groups is 2. The van der Waals surface area contributed by atoms with Crippen molar-refractivity contribution in [2.24, 2.45) is 0 Å². The van der Waals surface area contributed by atoms with Crippen molar-refractivity contribution < 1.29 is 5.21 Å². The van der Waals surface area contributed by atoms with Crippen LogP contribution in [0.1, 0.15) is 42.1 Å². The number of hydrogen-bond donors (Lipinski definition) is 1. The summed E-state index contributed by atoms with van der Waals surface area (Å²) >= 11 is 1.71. The molecule has 0 bridgehead atoms. The Hall–Kier alpha value is -1.37. The third-order valence-corrected chi connectivity index (χ3v) is 9.33. The Bertz CT molecular complexity index is 1020. The van der Waals surface area contributed by atoms with Crippen LogP contribution in [0.5, 0.6) is 0 Å². The molecule has 0 aliphatic carbocycles. The van der Waals surface area contributed by atoms with Gasteiger partial charge in [0.05, 0.1) is 0 Å². The van der Waals surface area contributed by atoms with E-state index in [9.17, 15) is 10.0 Å². The van der Waals surface area contributed by atoms with E-state index in [2.05, 4.69) is 16.0 Å². The van der Waals surface area contributed by atoms with E-state index in [0.717, 1.165) is 11.3 Å². The van der Waals surface area contributed by atoms with Crippen molar-refractivity contribution in [1.82, 2.24) is 15.0 Å². The third kappa shape index (κ3) is 2.70. The fraction of sp³-hybridized carbons (Fsp3) is 0.368. The molecule has 4 rings (SSSR count). The van der Waals surface area contributed by atoms with Crippen LogP contribution < -0.4 is 5.56 Å². The van der Waals surface area contributed by atoms with Gasteiger partial charge in [-0.15, -0.1) is 0 Å². The Morgan fingerprint density at radius 1 is 1.19 bits per heavy atom. The Labute approximate surface area is 162 Å². The average molecular weight is 433 g/mol. The topological polar surface area (TPSA) is 68.9 Å². The SMILES string of the molecule is CC1(C)c2cc(CSc3nc4ccccc4c(=O)[nH]3)[se]c2C(C)(C)N1[O]. The van der Waals surface area contributed by atoms with Crippen molar-refractivity contribution in [1.29, 1.82) is 0 Å². The molecule has 7 heteroatoms. The molecule has 0 spiro atoms. The zero-order valence-corrected chi connectivity index (χ0v) is 17.7. The number of aromatic nitrogens is 2. The molecule has 2 aromatic heterocycles. The van der Waals surface area contributed by atoms with E-state index in [-0.39, 0.29) is 20.1 Å². The zero-order chi connectivity index (χ0) is 18.7. The number of fused-ring (bicyclic) bond motifs is 2. The van der Waals surface area contributed by atoms with Crippen LogP contribution in [0.15, 0.2) is 40.3 Å². The molecular formula is C19H20N3O2SSe. The number of nitrogens with one attached hydrogen (secondary N) is 1. The van der Waals surface area contributed by atoms with Gasteiger partial charge >= 0.3 is 162 Å². The first-order valence-electron chi connectivity index (χ1n) is 8.44. The van der Waals surface area contributed by atoms with Crippen molar-refractivity contribution >= 4 is 37.2 Å². The molecular weight excluding hydrogens is 413 g/mol. The minimum atomic E-state index is -0.484. The van der Waals surface area contributed by atoms with E-state index < -0.39 is 11.1 Å². The predicted molar refractivity (Wildman–Crippen MR) is 104 cm³/mol. The number of benzene rings is 1. The number of para-hydroxylation sites is 1. The van der Waals surface area contributed by atoms with Gasteiger partial charge in [0.1, 0.15) is 0 Å². The first-order chi connectivity index (χ1) is 12.2. The molecule has 1 N–H and O–H groups in total. The van der Waals surface area contributed by atoms with Gasteiger partial charge in [0.15, 0.2) is 0 Å². The molecule has 0 saturated heterocycles. The first-order valence-corrected chi connectivity index (χ1v) is 11.1. The summed E-state index contributed by atoms with van der Waals surface area (Å²) in [5.74, 6) is 0.777. The van der Waals surface area contributed by atoms with Gasteiger partial charge in [-0.05, 0) is 0 Å². The Morgan fingerprint density at radius 3 is 2.65 bits per heavy atom. The second kappa shape index (κ2) is 6.08. The first kappa shape index (κ1) is 18.0. The van der Waals surface area contributed by atoms with Crippen LogP contribution in [0.25, 0.3) is 10.9 Å². The second-order valence-corrected chi connectivity index (χ2v) is 10.9. The maximum atomic E-state index is 12.6. The standard InChI is InChI=1S/C19H20N3O2SSe/c1-18(2)13-9-11(26-15(13)19(3,4)22(18)24)10-25-17-20-14-8-6-5-7-12(14)16(23)21-17/h5-9H,10H2,1-4H3,(H,20,21,23). The van der Waals surface area contributed by atoms with Crippen molar-refractivity contribution in [3.05, 3.63) is 55.1 Å². The number of thioether (sulfide) groups is 1. The summed E-state index contributed by atoms with van der Waals surface area (Å²) in [6.07, 6.45) is 0. The second-order valence-electron chi connectivity index (χ2n) is 7.54. The van der Waals surface area contributed by atoms with E-state index in [0.29, 0.717) is 10.5 Å². The summed E-state index contributed by atoms with van der Waals surface area (Å²) in [5.41, 5.74) is 0.858. The quantitative estimate of drug-likeness (QED) is 0.391. The van der Waals surface area contributed by atoms with E-state index in [1.165, 1.54) is 19.5 Å². The van der Waals surface area contributed by atoms with E-state index in [1.807, 2.05) is 45.9 Å². The molecule has 0 unspecified atom stereocenters. The van der Waals surface area contributed by atoms with Gasteiger partial charge < -0.3 is 0 Å². The molecule has 1 aromatic carbocycles. The van der Waals surface area contributed by atoms with Crippen LogP contribution in [0.2, 0.25) is 0 Å². The van der Waals surface area contributed by atoms with Crippen LogP contribution in [-0.2, 0) is 22.0 Å². The Balaban J connectivity index is 1.61. The van der Waals surface area contributed by atoms with Crippen LogP contribution in [0.4, 0.5) is 0 Å². The van der Waals surface area contributed by atoms with E-state index in [1.54, 1.807) is 17.8 Å². The molecule has 0 saturated carbocycles. The van der Waals surface area contributed by atoms with Gasteiger partial charge in [-0.2, -0.15) is 0 Å². The van der Waals surface area contributed by atoms with E-state index in [4.69, 9.17) is 0 Å². The fourth-order valence-electron chi connectivity index (χ4n) is 3.60. The molecule has 0 amide bonds. The van der Waals surface area contributed by atoms with Gasteiger partial charge in [-0.3, -0.25) is 0 Å². The third-order valence-electron chi connectivity index (χ3n) is 4.96. The van der Waals surface area contributed by atoms with Gasteiger partial charge in [-0.25, -0.2) is 0 Å². The van der Waals surface area contributed by atoms with Gasteiger partial charge in [-0.1, -0.05) is 0 Å². The van der Waals surface area contributed by atoms with Crippen LogP contribution in [0, 0.1) is 0 Å². The van der Waals surface area contributed by atoms with Crippen molar-refractivity contribution in [3.8, 4) is 0 Å². The Kier molecular flexibility index (Phi) is 4.21. The zero-order valence-electron chi connectivity index (χ0n) is 15.1. The number of hydrogen-bond acceptors (Lipinski definition) is 4. The van der Waals surface area contributed by atoms with Gasteiger partial charge in [0.2, 0.25) is 0 Å². The van der Waals surface area contributed by atoms with Gasteiger partial charge in [0, 0.05) is 0 Å². The molecule has 0 atom stereocenters. The molecule has 1 radical (unpaired) electrons. The maximum absolute atomic E-state index is 12.6. The van der Waals surface area contributed by atoms with Crippen LogP contribution in [-0.4, -0.2) is 29.5 Å². The summed E-state index contributed by atoms with van der Waals surface area (Å²) < 4.78 is 2.61. The van der Waals surface area contributed by atoms with Crippen molar-refractivity contribution in [2.75, 3.05) is 0 Å². The van der Waals surface area contributed by atoms with Crippen molar-refractivity contribution in [2.45, 2.75) is 49.7 Å². The van der Waals surface area contributed by atoms with Gasteiger partial charge in [0.25, 0.3) is 0 Å². The molecule has 1 aliphatic heterocycles. The van der Waals surface area contributed by atoms with Crippen molar-refractivity contribution in [3.63, 3.8) is 0 Å². The summed E-state index contributed by atoms with van der Waals surface area (Å²) in [6, 6.07) is 9.57. The normalized spacial score (nSPS) is 18.3. The van der Waals surface area contributed by atoms with Crippen LogP contribution >= 0.6 is 11.8 Å². The molecule has 135 valence electrons. The minimum absolute atomic E-state index is 0.103. The fourth-order valence-corrected chi connectivity index (χ4v) is 7.58. The summed E-state index contributed by atoms with van der Waals surface area (Å²) in [6.45, 7) is 8.01. The summed E-state index contributed by atoms with van der Waals surface area (Å²) in [7, 11) is 0.